The van der Waals surface area contributed by atoms with Gasteiger partial charge in [-0.2, -0.15) is 0 Å². The maximum absolute atomic E-state index is 11.2. The summed E-state index contributed by atoms with van der Waals surface area (Å²) in [7, 11) is 0. The number of carboxylic acids is 2. The van der Waals surface area contributed by atoms with Crippen LogP contribution < -0.4 is 0 Å². The molecular formula is C13H20O4. The van der Waals surface area contributed by atoms with Crippen molar-refractivity contribution in [1.82, 2.24) is 0 Å². The number of aliphatic carboxylic acids is 2. The zero-order valence-electron chi connectivity index (χ0n) is 9.97. The van der Waals surface area contributed by atoms with E-state index in [9.17, 15) is 14.7 Å². The van der Waals surface area contributed by atoms with Gasteiger partial charge < -0.3 is 10.2 Å². The van der Waals surface area contributed by atoms with Gasteiger partial charge >= 0.3 is 11.9 Å². The maximum Gasteiger partial charge on any atom is 0.306 e. The lowest BCUT2D eigenvalue weighted by molar-refractivity contribution is -0.144. The molecule has 2 fully saturated rings. The van der Waals surface area contributed by atoms with Crippen LogP contribution in [0.1, 0.15) is 44.9 Å². The van der Waals surface area contributed by atoms with Gasteiger partial charge in [0.2, 0.25) is 0 Å². The summed E-state index contributed by atoms with van der Waals surface area (Å²) in [6.07, 6.45) is 7.13. The van der Waals surface area contributed by atoms with Crippen LogP contribution in [0.15, 0.2) is 0 Å². The van der Waals surface area contributed by atoms with Crippen molar-refractivity contribution in [3.05, 3.63) is 0 Å². The Labute approximate surface area is 101 Å². The van der Waals surface area contributed by atoms with Gasteiger partial charge in [-0.05, 0) is 24.7 Å². The van der Waals surface area contributed by atoms with Crippen LogP contribution in [0.2, 0.25) is 0 Å². The summed E-state index contributed by atoms with van der Waals surface area (Å²) < 4.78 is 0. The highest BCUT2D eigenvalue weighted by Crippen LogP contribution is 2.47. The zero-order chi connectivity index (χ0) is 12.4. The lowest BCUT2D eigenvalue weighted by Gasteiger charge is -2.24. The van der Waals surface area contributed by atoms with Gasteiger partial charge in [-0.25, -0.2) is 0 Å². The number of hydrogen-bond acceptors (Lipinski definition) is 2. The molecule has 2 saturated carbocycles. The molecule has 0 amide bonds. The normalized spacial score (nSPS) is 30.8. The molecule has 2 rings (SSSR count). The summed E-state index contributed by atoms with van der Waals surface area (Å²) in [5.41, 5.74) is 0. The molecule has 2 N–H and O–H groups in total. The van der Waals surface area contributed by atoms with Crippen LogP contribution in [0.25, 0.3) is 0 Å². The monoisotopic (exact) mass is 240 g/mol. The Balaban J connectivity index is 1.89. The molecule has 0 spiro atoms. The molecule has 0 aromatic carbocycles. The quantitative estimate of drug-likeness (QED) is 0.773. The molecule has 2 aliphatic carbocycles. The summed E-state index contributed by atoms with van der Waals surface area (Å²) in [5, 5.41) is 18.1. The predicted molar refractivity (Wildman–Crippen MR) is 61.6 cm³/mol. The fourth-order valence-corrected chi connectivity index (χ4v) is 3.18. The first-order valence-corrected chi connectivity index (χ1v) is 6.55. The van der Waals surface area contributed by atoms with Gasteiger partial charge in [-0.15, -0.1) is 0 Å². The summed E-state index contributed by atoms with van der Waals surface area (Å²) in [4.78, 5) is 22.0. The second-order valence-corrected chi connectivity index (χ2v) is 5.53. The van der Waals surface area contributed by atoms with Crippen LogP contribution in [0.4, 0.5) is 0 Å². The Bertz CT molecular complexity index is 307. The Hall–Kier alpha value is -1.06. The summed E-state index contributed by atoms with van der Waals surface area (Å²) in [5.74, 6) is -2.08. The molecule has 4 nitrogen and oxygen atoms in total. The molecule has 96 valence electrons. The minimum atomic E-state index is -0.829. The first kappa shape index (κ1) is 12.4. The van der Waals surface area contributed by atoms with E-state index in [2.05, 4.69) is 0 Å². The van der Waals surface area contributed by atoms with E-state index in [0.29, 0.717) is 18.8 Å². The molecule has 0 radical (unpaired) electrons. The molecule has 0 aromatic rings. The van der Waals surface area contributed by atoms with E-state index in [4.69, 9.17) is 5.11 Å². The third kappa shape index (κ3) is 2.99. The van der Waals surface area contributed by atoms with E-state index < -0.39 is 23.8 Å². The number of carbonyl (C=O) groups is 2. The molecule has 4 heteroatoms. The predicted octanol–water partition coefficient (Wildman–Crippen LogP) is 2.38. The van der Waals surface area contributed by atoms with Crippen molar-refractivity contribution in [2.45, 2.75) is 44.9 Å². The third-order valence-corrected chi connectivity index (χ3v) is 4.30. The molecule has 3 atom stereocenters. The first-order chi connectivity index (χ1) is 8.09. The third-order valence-electron chi connectivity index (χ3n) is 4.30. The molecule has 0 aromatic heterocycles. The van der Waals surface area contributed by atoms with E-state index in [1.807, 2.05) is 0 Å². The molecular weight excluding hydrogens is 220 g/mol. The van der Waals surface area contributed by atoms with Crippen LogP contribution >= 0.6 is 0 Å². The second-order valence-electron chi connectivity index (χ2n) is 5.53. The van der Waals surface area contributed by atoms with Crippen molar-refractivity contribution in [1.29, 1.82) is 0 Å². The topological polar surface area (TPSA) is 74.6 Å². The average molecular weight is 240 g/mol. The van der Waals surface area contributed by atoms with E-state index in [1.54, 1.807) is 0 Å². The zero-order valence-corrected chi connectivity index (χ0v) is 9.97. The lowest BCUT2D eigenvalue weighted by Crippen LogP contribution is -2.23. The van der Waals surface area contributed by atoms with E-state index >= 15 is 0 Å². The highest BCUT2D eigenvalue weighted by atomic mass is 16.4. The van der Waals surface area contributed by atoms with Crippen LogP contribution in [0.5, 0.6) is 0 Å². The molecule has 0 heterocycles. The second kappa shape index (κ2) is 5.07. The SMILES string of the molecule is O=C(O)C(CC1CCCCC1)C1CC1C(=O)O. The fourth-order valence-electron chi connectivity index (χ4n) is 3.18. The van der Waals surface area contributed by atoms with Crippen molar-refractivity contribution in [2.24, 2.45) is 23.7 Å². The Morgan fingerprint density at radius 2 is 1.76 bits per heavy atom. The van der Waals surface area contributed by atoms with E-state index in [1.165, 1.54) is 19.3 Å². The summed E-state index contributed by atoms with van der Waals surface area (Å²) in [6, 6.07) is 0. The van der Waals surface area contributed by atoms with Crippen LogP contribution in [0, 0.1) is 23.7 Å². The highest BCUT2D eigenvalue weighted by Gasteiger charge is 2.50. The summed E-state index contributed by atoms with van der Waals surface area (Å²) >= 11 is 0. The van der Waals surface area contributed by atoms with E-state index in [-0.39, 0.29) is 5.92 Å². The standard InChI is InChI=1S/C13H20O4/c14-12(15)10(9-7-11(9)13(16)17)6-8-4-2-1-3-5-8/h8-11H,1-7H2,(H,14,15)(H,16,17). The summed E-state index contributed by atoms with van der Waals surface area (Å²) in [6.45, 7) is 0. The van der Waals surface area contributed by atoms with Crippen molar-refractivity contribution in [3.8, 4) is 0 Å². The highest BCUT2D eigenvalue weighted by molar-refractivity contribution is 5.77. The van der Waals surface area contributed by atoms with Gasteiger partial charge in [0, 0.05) is 0 Å². The smallest absolute Gasteiger partial charge is 0.306 e. The van der Waals surface area contributed by atoms with Crippen LogP contribution in [-0.4, -0.2) is 22.2 Å². The van der Waals surface area contributed by atoms with Crippen LogP contribution in [0.3, 0.4) is 0 Å². The molecule has 0 bridgehead atoms. The van der Waals surface area contributed by atoms with Gasteiger partial charge in [0.15, 0.2) is 0 Å². The van der Waals surface area contributed by atoms with Crippen molar-refractivity contribution in [2.75, 3.05) is 0 Å². The van der Waals surface area contributed by atoms with Gasteiger partial charge in [0.25, 0.3) is 0 Å². The fraction of sp³-hybridized carbons (Fsp3) is 0.846. The number of hydrogen-bond donors (Lipinski definition) is 2. The minimum absolute atomic E-state index is 0.119. The van der Waals surface area contributed by atoms with Gasteiger partial charge in [-0.1, -0.05) is 32.1 Å². The van der Waals surface area contributed by atoms with Crippen LogP contribution in [-0.2, 0) is 9.59 Å². The molecule has 2 aliphatic rings. The minimum Gasteiger partial charge on any atom is -0.481 e. The molecule has 3 unspecified atom stereocenters. The Morgan fingerprint density at radius 3 is 2.24 bits per heavy atom. The van der Waals surface area contributed by atoms with Gasteiger partial charge in [0.05, 0.1) is 11.8 Å². The van der Waals surface area contributed by atoms with Crippen molar-refractivity contribution >= 4 is 11.9 Å². The first-order valence-electron chi connectivity index (χ1n) is 6.55. The number of carboxylic acid groups (broad SMARTS) is 2. The Morgan fingerprint density at radius 1 is 1.12 bits per heavy atom. The molecule has 0 aliphatic heterocycles. The Kier molecular flexibility index (Phi) is 3.69. The van der Waals surface area contributed by atoms with Gasteiger partial charge in [-0.3, -0.25) is 9.59 Å². The van der Waals surface area contributed by atoms with Crippen molar-refractivity contribution in [3.63, 3.8) is 0 Å². The maximum atomic E-state index is 11.2. The lowest BCUT2D eigenvalue weighted by atomic mass is 9.81. The number of rotatable bonds is 5. The van der Waals surface area contributed by atoms with E-state index in [0.717, 1.165) is 12.8 Å². The van der Waals surface area contributed by atoms with Crippen molar-refractivity contribution < 1.29 is 19.8 Å². The molecule has 0 saturated heterocycles. The molecule has 17 heavy (non-hydrogen) atoms. The average Bonchev–Trinajstić information content (AvgIpc) is 3.07. The van der Waals surface area contributed by atoms with Gasteiger partial charge in [0.1, 0.15) is 0 Å². The largest absolute Gasteiger partial charge is 0.481 e.